The van der Waals surface area contributed by atoms with Crippen LogP contribution in [0, 0.1) is 5.92 Å². The van der Waals surface area contributed by atoms with Crippen LogP contribution in [0.25, 0.3) is 0 Å². The topological polar surface area (TPSA) is 35.7 Å². The molecule has 0 aromatic heterocycles. The second kappa shape index (κ2) is 5.68. The summed E-state index contributed by atoms with van der Waals surface area (Å²) in [5, 5.41) is 0. The van der Waals surface area contributed by atoms with Crippen molar-refractivity contribution in [3.05, 3.63) is 0 Å². The third-order valence-corrected chi connectivity index (χ3v) is 5.38. The second-order valence-electron chi connectivity index (χ2n) is 7.16. The number of rotatable bonds is 4. The van der Waals surface area contributed by atoms with Crippen LogP contribution in [0.3, 0.4) is 0 Å². The molecule has 0 saturated carbocycles. The lowest BCUT2D eigenvalue weighted by atomic mass is 9.96. The fourth-order valence-electron chi connectivity index (χ4n) is 3.89. The Kier molecular flexibility index (Phi) is 4.56. The highest BCUT2D eigenvalue weighted by molar-refractivity contribution is 5.05. The maximum absolute atomic E-state index is 6.20. The van der Waals surface area contributed by atoms with Crippen molar-refractivity contribution < 1.29 is 0 Å². The van der Waals surface area contributed by atoms with Crippen molar-refractivity contribution in [3.63, 3.8) is 0 Å². The Morgan fingerprint density at radius 3 is 2.42 bits per heavy atom. The molecule has 3 atom stereocenters. The molecule has 2 rings (SSSR count). The van der Waals surface area contributed by atoms with Crippen molar-refractivity contribution in [2.24, 2.45) is 11.7 Å². The SMILES string of the molecule is CC1CN(C2(CN)CCN(C(C)C)C2)CC1N(C)C. The van der Waals surface area contributed by atoms with Gasteiger partial charge in [-0.15, -0.1) is 0 Å². The van der Waals surface area contributed by atoms with Crippen LogP contribution < -0.4 is 5.73 Å². The van der Waals surface area contributed by atoms with E-state index >= 15 is 0 Å². The molecule has 0 bridgehead atoms. The molecule has 112 valence electrons. The summed E-state index contributed by atoms with van der Waals surface area (Å²) in [7, 11) is 4.41. The second-order valence-corrected chi connectivity index (χ2v) is 7.16. The maximum atomic E-state index is 6.20. The van der Waals surface area contributed by atoms with E-state index in [0.29, 0.717) is 12.1 Å². The summed E-state index contributed by atoms with van der Waals surface area (Å²) in [6.07, 6.45) is 1.23. The first kappa shape index (κ1) is 15.2. The Balaban J connectivity index is 2.08. The van der Waals surface area contributed by atoms with Crippen molar-refractivity contribution in [1.82, 2.24) is 14.7 Å². The molecule has 0 aliphatic carbocycles. The first-order valence-electron chi connectivity index (χ1n) is 7.75. The van der Waals surface area contributed by atoms with Crippen molar-refractivity contribution in [2.75, 3.05) is 46.8 Å². The molecule has 19 heavy (non-hydrogen) atoms. The van der Waals surface area contributed by atoms with Crippen LogP contribution in [0.1, 0.15) is 27.2 Å². The number of likely N-dealkylation sites (tertiary alicyclic amines) is 2. The molecule has 2 heterocycles. The normalized spacial score (nSPS) is 37.9. The van der Waals surface area contributed by atoms with Gasteiger partial charge >= 0.3 is 0 Å². The van der Waals surface area contributed by atoms with E-state index in [1.165, 1.54) is 26.1 Å². The molecule has 0 radical (unpaired) electrons. The van der Waals surface area contributed by atoms with Crippen molar-refractivity contribution >= 4 is 0 Å². The highest BCUT2D eigenvalue weighted by Gasteiger charge is 2.47. The minimum absolute atomic E-state index is 0.225. The van der Waals surface area contributed by atoms with Crippen molar-refractivity contribution in [2.45, 2.75) is 44.8 Å². The van der Waals surface area contributed by atoms with Gasteiger partial charge in [-0.3, -0.25) is 9.80 Å². The predicted molar refractivity (Wildman–Crippen MR) is 81.3 cm³/mol. The Bertz CT molecular complexity index is 305. The first-order chi connectivity index (χ1) is 8.89. The highest BCUT2D eigenvalue weighted by Crippen LogP contribution is 2.34. The van der Waals surface area contributed by atoms with E-state index in [1.54, 1.807) is 0 Å². The van der Waals surface area contributed by atoms with Gasteiger partial charge in [-0.25, -0.2) is 0 Å². The minimum Gasteiger partial charge on any atom is -0.329 e. The van der Waals surface area contributed by atoms with E-state index < -0.39 is 0 Å². The first-order valence-corrected chi connectivity index (χ1v) is 7.75. The van der Waals surface area contributed by atoms with Crippen molar-refractivity contribution in [1.29, 1.82) is 0 Å². The maximum Gasteiger partial charge on any atom is 0.0471 e. The van der Waals surface area contributed by atoms with Gasteiger partial charge in [-0.1, -0.05) is 6.92 Å². The lowest BCUT2D eigenvalue weighted by Crippen LogP contribution is -2.55. The van der Waals surface area contributed by atoms with Gasteiger partial charge in [0.05, 0.1) is 0 Å². The molecule has 0 aromatic rings. The molecule has 3 unspecified atom stereocenters. The number of nitrogens with two attached hydrogens (primary N) is 1. The molecule has 0 aromatic carbocycles. The molecule has 2 N–H and O–H groups in total. The quantitative estimate of drug-likeness (QED) is 0.813. The molecule has 2 fully saturated rings. The van der Waals surface area contributed by atoms with Gasteiger partial charge in [-0.2, -0.15) is 0 Å². The van der Waals surface area contributed by atoms with Gasteiger partial charge in [0.1, 0.15) is 0 Å². The number of hydrogen-bond acceptors (Lipinski definition) is 4. The summed E-state index contributed by atoms with van der Waals surface area (Å²) in [6.45, 7) is 12.5. The van der Waals surface area contributed by atoms with Crippen molar-refractivity contribution in [3.8, 4) is 0 Å². The summed E-state index contributed by atoms with van der Waals surface area (Å²) in [5.74, 6) is 0.742. The standard InChI is InChI=1S/C15H32N4/c1-12(2)18-7-6-15(10-16,11-18)19-8-13(3)14(9-19)17(4)5/h12-14H,6-11,16H2,1-5H3. The fourth-order valence-corrected chi connectivity index (χ4v) is 3.89. The van der Waals surface area contributed by atoms with Crippen LogP contribution >= 0.6 is 0 Å². The Morgan fingerprint density at radius 2 is 2.00 bits per heavy atom. The summed E-state index contributed by atoms with van der Waals surface area (Å²) in [4.78, 5) is 7.65. The van der Waals surface area contributed by atoms with E-state index in [-0.39, 0.29) is 5.54 Å². The predicted octanol–water partition coefficient (Wildman–Crippen LogP) is 0.680. The minimum atomic E-state index is 0.225. The number of nitrogens with zero attached hydrogens (tertiary/aromatic N) is 3. The van der Waals surface area contributed by atoms with E-state index in [0.717, 1.165) is 19.0 Å². The van der Waals surface area contributed by atoms with Crippen LogP contribution in [0.15, 0.2) is 0 Å². The molecule has 0 spiro atoms. The molecule has 2 saturated heterocycles. The van der Waals surface area contributed by atoms with E-state index in [9.17, 15) is 0 Å². The molecule has 4 nitrogen and oxygen atoms in total. The number of likely N-dealkylation sites (N-methyl/N-ethyl adjacent to an activating group) is 1. The van der Waals surface area contributed by atoms with Crippen LogP contribution in [0.4, 0.5) is 0 Å². The molecule has 2 aliphatic rings. The lowest BCUT2D eigenvalue weighted by molar-refractivity contribution is 0.112. The Hall–Kier alpha value is -0.160. The van der Waals surface area contributed by atoms with E-state index in [1.807, 2.05) is 0 Å². The van der Waals surface area contributed by atoms with Gasteiger partial charge in [-0.05, 0) is 40.3 Å². The summed E-state index contributed by atoms with van der Waals surface area (Å²) < 4.78 is 0. The largest absolute Gasteiger partial charge is 0.329 e. The smallest absolute Gasteiger partial charge is 0.0471 e. The molecule has 4 heteroatoms. The van der Waals surface area contributed by atoms with Crippen LogP contribution in [-0.2, 0) is 0 Å². The highest BCUT2D eigenvalue weighted by atomic mass is 15.3. The zero-order valence-electron chi connectivity index (χ0n) is 13.4. The average Bonchev–Trinajstić information content (AvgIpc) is 2.93. The lowest BCUT2D eigenvalue weighted by Gasteiger charge is -2.39. The molecular weight excluding hydrogens is 236 g/mol. The zero-order chi connectivity index (χ0) is 14.2. The van der Waals surface area contributed by atoms with Gasteiger partial charge in [0.2, 0.25) is 0 Å². The third-order valence-electron chi connectivity index (χ3n) is 5.38. The fraction of sp³-hybridized carbons (Fsp3) is 1.00. The third kappa shape index (κ3) is 2.82. The van der Waals surface area contributed by atoms with Gasteiger partial charge in [0.15, 0.2) is 0 Å². The van der Waals surface area contributed by atoms with Crippen LogP contribution in [0.5, 0.6) is 0 Å². The number of hydrogen-bond donors (Lipinski definition) is 1. The molecular formula is C15H32N4. The van der Waals surface area contributed by atoms with E-state index in [4.69, 9.17) is 5.73 Å². The van der Waals surface area contributed by atoms with Gasteiger partial charge in [0, 0.05) is 50.3 Å². The summed E-state index contributed by atoms with van der Waals surface area (Å²) >= 11 is 0. The van der Waals surface area contributed by atoms with Crippen LogP contribution in [-0.4, -0.2) is 79.1 Å². The Morgan fingerprint density at radius 1 is 1.32 bits per heavy atom. The van der Waals surface area contributed by atoms with Gasteiger partial charge in [0.25, 0.3) is 0 Å². The molecule has 2 aliphatic heterocycles. The van der Waals surface area contributed by atoms with Crippen LogP contribution in [0.2, 0.25) is 0 Å². The summed E-state index contributed by atoms with van der Waals surface area (Å²) in [5.41, 5.74) is 6.42. The zero-order valence-corrected chi connectivity index (χ0v) is 13.4. The summed E-state index contributed by atoms with van der Waals surface area (Å²) in [6, 6.07) is 1.31. The van der Waals surface area contributed by atoms with E-state index in [2.05, 4.69) is 49.6 Å². The monoisotopic (exact) mass is 268 g/mol. The average molecular weight is 268 g/mol. The molecule has 0 amide bonds. The Labute approximate surface area is 118 Å². The van der Waals surface area contributed by atoms with Gasteiger partial charge < -0.3 is 10.6 Å².